The van der Waals surface area contributed by atoms with Crippen molar-refractivity contribution in [1.29, 1.82) is 0 Å². The average molecular weight is 600 g/mol. The van der Waals surface area contributed by atoms with Crippen LogP contribution in [0.2, 0.25) is 0 Å². The van der Waals surface area contributed by atoms with Gasteiger partial charge in [-0.1, -0.05) is 24.3 Å². The number of fused-ring (bicyclic) bond motifs is 2. The summed E-state index contributed by atoms with van der Waals surface area (Å²) in [5.74, 6) is 2.47. The Balaban J connectivity index is 1.14. The number of aliphatic imine (C=N–C) groups is 1. The van der Waals surface area contributed by atoms with Gasteiger partial charge in [-0.2, -0.15) is 0 Å². The van der Waals surface area contributed by atoms with E-state index in [-0.39, 0.29) is 18.2 Å². The van der Waals surface area contributed by atoms with E-state index in [0.29, 0.717) is 37.5 Å². The molecule has 2 unspecified atom stereocenters. The molecule has 0 bridgehead atoms. The number of rotatable bonds is 13. The second-order valence-corrected chi connectivity index (χ2v) is 12.5. The quantitative estimate of drug-likeness (QED) is 0.231. The Hall–Kier alpha value is -3.55. The summed E-state index contributed by atoms with van der Waals surface area (Å²) in [5.41, 5.74) is 6.88. The number of halogens is 1. The molecule has 0 aromatic heterocycles. The molecule has 0 spiro atoms. The van der Waals surface area contributed by atoms with Gasteiger partial charge in [0.05, 0.1) is 37.1 Å². The molecule has 3 aliphatic rings. The van der Waals surface area contributed by atoms with Crippen LogP contribution >= 0.6 is 0 Å². The monoisotopic (exact) mass is 599 g/mol. The molecule has 2 heterocycles. The van der Waals surface area contributed by atoms with Crippen molar-refractivity contribution < 1.29 is 28.7 Å². The average Bonchev–Trinajstić information content (AvgIpc) is 3.73. The third kappa shape index (κ3) is 6.45. The summed E-state index contributed by atoms with van der Waals surface area (Å²) in [6.45, 7) is 7.16. The van der Waals surface area contributed by atoms with Gasteiger partial charge in [-0.15, -0.1) is 0 Å². The Morgan fingerprint density at radius 2 is 1.75 bits per heavy atom. The number of aliphatic hydroxyl groups excluding tert-OH is 1. The zero-order chi connectivity index (χ0) is 30.6. The van der Waals surface area contributed by atoms with E-state index >= 15 is 0 Å². The van der Waals surface area contributed by atoms with E-state index in [1.807, 2.05) is 26.0 Å². The second-order valence-electron chi connectivity index (χ2n) is 12.5. The molecular formula is C37H44FN2O4+. The molecule has 3 aromatic carbocycles. The van der Waals surface area contributed by atoms with Crippen LogP contribution in [0.1, 0.15) is 73.9 Å². The maximum absolute atomic E-state index is 13.7. The highest BCUT2D eigenvalue weighted by molar-refractivity contribution is 5.99. The minimum Gasteiger partial charge on any atom is -0.493 e. The van der Waals surface area contributed by atoms with Crippen molar-refractivity contribution in [3.63, 3.8) is 0 Å². The van der Waals surface area contributed by atoms with E-state index < -0.39 is 0 Å². The Morgan fingerprint density at radius 1 is 1.00 bits per heavy atom. The lowest BCUT2D eigenvalue weighted by atomic mass is 9.87. The number of likely N-dealkylation sites (tertiary alicyclic amines) is 1. The summed E-state index contributed by atoms with van der Waals surface area (Å²) in [4.78, 5) is 19.8. The lowest BCUT2D eigenvalue weighted by molar-refractivity contribution is -0.927. The molecule has 2 N–H and O–H groups in total. The highest BCUT2D eigenvalue weighted by atomic mass is 19.1. The van der Waals surface area contributed by atoms with E-state index in [9.17, 15) is 9.18 Å². The zero-order valence-corrected chi connectivity index (χ0v) is 25.9. The molecule has 0 radical (unpaired) electrons. The number of nitrogens with one attached hydrogen (secondary N) is 1. The van der Waals surface area contributed by atoms with E-state index in [0.717, 1.165) is 91.2 Å². The van der Waals surface area contributed by atoms with Crippen molar-refractivity contribution >= 4 is 17.2 Å². The van der Waals surface area contributed by atoms with E-state index in [4.69, 9.17) is 19.6 Å². The van der Waals surface area contributed by atoms with Crippen LogP contribution in [0, 0.1) is 17.7 Å². The van der Waals surface area contributed by atoms with Gasteiger partial charge in [0.1, 0.15) is 23.9 Å². The van der Waals surface area contributed by atoms with Crippen molar-refractivity contribution in [2.75, 3.05) is 26.4 Å². The fourth-order valence-electron chi connectivity index (χ4n) is 7.76. The van der Waals surface area contributed by atoms with Crippen LogP contribution in [0.25, 0.3) is 11.1 Å². The first-order valence-corrected chi connectivity index (χ1v) is 16.3. The molecule has 2 fully saturated rings. The summed E-state index contributed by atoms with van der Waals surface area (Å²) in [6, 6.07) is 17.3. The van der Waals surface area contributed by atoms with Crippen LogP contribution in [0.5, 0.6) is 11.5 Å². The maximum Gasteiger partial charge on any atom is 0.163 e. The molecule has 3 aromatic rings. The molecule has 7 heteroatoms. The molecular weight excluding hydrogens is 555 g/mol. The van der Waals surface area contributed by atoms with Gasteiger partial charge in [-0.05, 0) is 86.9 Å². The number of Topliss-reactive ketones (excluding diaryl/α,β-unsaturated/α-hetero) is 1. The van der Waals surface area contributed by atoms with E-state index in [1.54, 1.807) is 17.0 Å². The van der Waals surface area contributed by atoms with Gasteiger partial charge >= 0.3 is 0 Å². The molecule has 6 nitrogen and oxygen atoms in total. The standard InChI is InChI=1S/C37H43FN2O4/c1-3-43-35-18-24(19-36(44-4-2)37(35)25-9-12-29(38)13-10-25)23-40-16-15-31-26(11-14-33(31)40)22-34(42)28-8-7-27-20-30(6-5-17-41)39-32(27)21-28/h7-10,12-13,18-19,21,26,31,33,41H,3-6,11,14-17,20,22-23H2,1-2H3/p+1/t26?,31-,33+/m0/s1. The predicted octanol–water partition coefficient (Wildman–Crippen LogP) is 6.15. The van der Waals surface area contributed by atoms with Crippen LogP contribution in [0.4, 0.5) is 10.1 Å². The van der Waals surface area contributed by atoms with Crippen LogP contribution in [-0.2, 0) is 13.0 Å². The van der Waals surface area contributed by atoms with Crippen molar-refractivity contribution in [2.45, 2.75) is 71.4 Å². The summed E-state index contributed by atoms with van der Waals surface area (Å²) in [6.07, 6.45) is 6.33. The van der Waals surface area contributed by atoms with Crippen molar-refractivity contribution in [2.24, 2.45) is 16.8 Å². The largest absolute Gasteiger partial charge is 0.493 e. The Morgan fingerprint density at radius 3 is 2.45 bits per heavy atom. The van der Waals surface area contributed by atoms with Crippen molar-refractivity contribution in [3.05, 3.63) is 77.1 Å². The second kappa shape index (κ2) is 13.6. The Bertz CT molecular complexity index is 1490. The molecule has 4 atom stereocenters. The topological polar surface area (TPSA) is 72.6 Å². The Kier molecular flexibility index (Phi) is 9.43. The number of aliphatic hydroxyl groups is 1. The van der Waals surface area contributed by atoms with E-state index in [1.165, 1.54) is 23.3 Å². The van der Waals surface area contributed by atoms with Crippen LogP contribution < -0.4 is 14.4 Å². The Labute approximate surface area is 259 Å². The van der Waals surface area contributed by atoms with Crippen molar-refractivity contribution in [3.8, 4) is 22.6 Å². The molecule has 232 valence electrons. The van der Waals surface area contributed by atoms with Gasteiger partial charge < -0.3 is 19.5 Å². The molecule has 1 saturated carbocycles. The highest BCUT2D eigenvalue weighted by Crippen LogP contribution is 2.42. The fourth-order valence-corrected chi connectivity index (χ4v) is 7.76. The molecule has 0 amide bonds. The normalized spacial score (nSPS) is 22.0. The molecule has 2 aliphatic heterocycles. The van der Waals surface area contributed by atoms with Gasteiger partial charge in [-0.25, -0.2) is 4.39 Å². The fraction of sp³-hybridized carbons (Fsp3) is 0.459. The summed E-state index contributed by atoms with van der Waals surface area (Å²) in [5, 5.41) is 9.15. The van der Waals surface area contributed by atoms with Crippen LogP contribution in [0.15, 0.2) is 59.6 Å². The van der Waals surface area contributed by atoms with E-state index in [2.05, 4.69) is 18.2 Å². The van der Waals surface area contributed by atoms with Crippen LogP contribution in [-0.4, -0.2) is 49.0 Å². The number of hydrogen-bond donors (Lipinski definition) is 2. The van der Waals surface area contributed by atoms with Crippen LogP contribution in [0.3, 0.4) is 0 Å². The van der Waals surface area contributed by atoms with Gasteiger partial charge in [-0.3, -0.25) is 9.79 Å². The number of ether oxygens (including phenoxy) is 2. The minimum absolute atomic E-state index is 0.175. The summed E-state index contributed by atoms with van der Waals surface area (Å²) >= 11 is 0. The molecule has 44 heavy (non-hydrogen) atoms. The lowest BCUT2D eigenvalue weighted by Crippen LogP contribution is -3.12. The first-order valence-electron chi connectivity index (χ1n) is 16.3. The SMILES string of the molecule is CCOc1cc(C[NH+]2CC[C@H]3C(CC(=O)c4ccc5c(c4)N=C(CCCO)C5)CC[C@H]32)cc(OCC)c1-c1ccc(F)cc1. The van der Waals surface area contributed by atoms with Gasteiger partial charge in [0.25, 0.3) is 0 Å². The highest BCUT2D eigenvalue weighted by Gasteiger charge is 2.47. The number of hydrogen-bond acceptors (Lipinski definition) is 5. The molecule has 6 rings (SSSR count). The molecule has 1 saturated heterocycles. The summed E-state index contributed by atoms with van der Waals surface area (Å²) in [7, 11) is 0. The predicted molar refractivity (Wildman–Crippen MR) is 171 cm³/mol. The maximum atomic E-state index is 13.7. The third-order valence-corrected chi connectivity index (χ3v) is 9.73. The lowest BCUT2D eigenvalue weighted by Gasteiger charge is -2.23. The number of nitrogens with zero attached hydrogens (tertiary/aromatic N) is 1. The zero-order valence-electron chi connectivity index (χ0n) is 25.9. The minimum atomic E-state index is -0.268. The number of quaternary nitrogens is 1. The summed E-state index contributed by atoms with van der Waals surface area (Å²) < 4.78 is 25.9. The third-order valence-electron chi connectivity index (χ3n) is 9.73. The number of carbonyl (C=O) groups is 1. The number of carbonyl (C=O) groups excluding carboxylic acids is 1. The number of benzene rings is 3. The van der Waals surface area contributed by atoms with Gasteiger partial charge in [0.15, 0.2) is 5.78 Å². The first-order chi connectivity index (χ1) is 21.5. The van der Waals surface area contributed by atoms with Gasteiger partial charge in [0, 0.05) is 48.6 Å². The molecule has 1 aliphatic carbocycles. The van der Waals surface area contributed by atoms with Crippen molar-refractivity contribution in [1.82, 2.24) is 0 Å². The number of ketones is 1. The first kappa shape index (κ1) is 30.5. The van der Waals surface area contributed by atoms with Gasteiger partial charge in [0.2, 0.25) is 0 Å². The smallest absolute Gasteiger partial charge is 0.163 e.